The van der Waals surface area contributed by atoms with Crippen LogP contribution in [-0.2, 0) is 13.1 Å². The SMILES string of the molecule is CCCNCc1ccn(Cc2cccc(OC)n2)c1. The van der Waals surface area contributed by atoms with Gasteiger partial charge in [-0.1, -0.05) is 13.0 Å². The van der Waals surface area contributed by atoms with E-state index in [9.17, 15) is 0 Å². The predicted molar refractivity (Wildman–Crippen MR) is 76.3 cm³/mol. The maximum Gasteiger partial charge on any atom is 0.213 e. The average molecular weight is 259 g/mol. The minimum absolute atomic E-state index is 0.662. The Labute approximate surface area is 114 Å². The van der Waals surface area contributed by atoms with Gasteiger partial charge in [0.05, 0.1) is 19.3 Å². The summed E-state index contributed by atoms with van der Waals surface area (Å²) in [6, 6.07) is 7.98. The zero-order chi connectivity index (χ0) is 13.5. The van der Waals surface area contributed by atoms with Crippen molar-refractivity contribution < 1.29 is 4.74 Å². The topological polar surface area (TPSA) is 39.1 Å². The van der Waals surface area contributed by atoms with Crippen LogP contribution >= 0.6 is 0 Å². The van der Waals surface area contributed by atoms with Gasteiger partial charge in [-0.25, -0.2) is 4.98 Å². The molecule has 0 saturated heterocycles. The molecule has 0 bridgehead atoms. The van der Waals surface area contributed by atoms with Crippen molar-refractivity contribution in [1.29, 1.82) is 0 Å². The van der Waals surface area contributed by atoms with Gasteiger partial charge < -0.3 is 14.6 Å². The fourth-order valence-electron chi connectivity index (χ4n) is 1.95. The molecule has 4 heteroatoms. The molecule has 1 N–H and O–H groups in total. The van der Waals surface area contributed by atoms with Crippen LogP contribution in [-0.4, -0.2) is 23.2 Å². The second-order valence-electron chi connectivity index (χ2n) is 4.54. The van der Waals surface area contributed by atoms with Crippen molar-refractivity contribution in [3.63, 3.8) is 0 Å². The zero-order valence-corrected chi connectivity index (χ0v) is 11.6. The summed E-state index contributed by atoms with van der Waals surface area (Å²) in [5, 5.41) is 3.40. The molecule has 0 unspecified atom stereocenters. The van der Waals surface area contributed by atoms with Crippen LogP contribution in [0, 0.1) is 0 Å². The molecule has 0 atom stereocenters. The van der Waals surface area contributed by atoms with Crippen LogP contribution in [0.1, 0.15) is 24.6 Å². The Balaban J connectivity index is 1.95. The fourth-order valence-corrected chi connectivity index (χ4v) is 1.95. The summed E-state index contributed by atoms with van der Waals surface area (Å²) >= 11 is 0. The summed E-state index contributed by atoms with van der Waals surface area (Å²) < 4.78 is 7.28. The molecular weight excluding hydrogens is 238 g/mol. The van der Waals surface area contributed by atoms with Crippen LogP contribution in [0.15, 0.2) is 36.7 Å². The third-order valence-corrected chi connectivity index (χ3v) is 2.90. The highest BCUT2D eigenvalue weighted by Gasteiger charge is 2.00. The quantitative estimate of drug-likeness (QED) is 0.776. The van der Waals surface area contributed by atoms with E-state index >= 15 is 0 Å². The van der Waals surface area contributed by atoms with Gasteiger partial charge in [0.25, 0.3) is 0 Å². The minimum Gasteiger partial charge on any atom is -0.481 e. The minimum atomic E-state index is 0.662. The highest BCUT2D eigenvalue weighted by Crippen LogP contribution is 2.09. The maximum atomic E-state index is 5.13. The fraction of sp³-hybridized carbons (Fsp3) is 0.400. The summed E-state index contributed by atoms with van der Waals surface area (Å²) in [6.45, 7) is 4.92. The van der Waals surface area contributed by atoms with Crippen molar-refractivity contribution in [3.05, 3.63) is 47.9 Å². The van der Waals surface area contributed by atoms with Crippen LogP contribution in [0.25, 0.3) is 0 Å². The lowest BCUT2D eigenvalue weighted by Crippen LogP contribution is -2.13. The van der Waals surface area contributed by atoms with Crippen molar-refractivity contribution in [2.45, 2.75) is 26.4 Å². The molecule has 4 nitrogen and oxygen atoms in total. The number of aromatic nitrogens is 2. The molecule has 2 aromatic rings. The zero-order valence-electron chi connectivity index (χ0n) is 11.6. The number of ether oxygens (including phenoxy) is 1. The third-order valence-electron chi connectivity index (χ3n) is 2.90. The van der Waals surface area contributed by atoms with E-state index in [2.05, 4.69) is 40.3 Å². The molecule has 0 fully saturated rings. The first-order valence-electron chi connectivity index (χ1n) is 6.67. The van der Waals surface area contributed by atoms with Crippen molar-refractivity contribution in [3.8, 4) is 5.88 Å². The van der Waals surface area contributed by atoms with Crippen LogP contribution < -0.4 is 10.1 Å². The predicted octanol–water partition coefficient (Wildman–Crippen LogP) is 2.44. The van der Waals surface area contributed by atoms with E-state index in [1.165, 1.54) is 5.56 Å². The number of nitrogens with one attached hydrogen (secondary N) is 1. The Morgan fingerprint density at radius 2 is 2.21 bits per heavy atom. The van der Waals surface area contributed by atoms with E-state index in [0.717, 1.165) is 31.7 Å². The van der Waals surface area contributed by atoms with Gasteiger partial charge in [0.15, 0.2) is 0 Å². The standard InChI is InChI=1S/C15H21N3O/c1-3-8-16-10-13-7-9-18(11-13)12-14-5-4-6-15(17-14)19-2/h4-7,9,11,16H,3,8,10,12H2,1-2H3. The van der Waals surface area contributed by atoms with Crippen molar-refractivity contribution in [2.24, 2.45) is 0 Å². The number of hydrogen-bond acceptors (Lipinski definition) is 3. The lowest BCUT2D eigenvalue weighted by Gasteiger charge is -2.04. The number of methoxy groups -OCH3 is 1. The Morgan fingerprint density at radius 1 is 1.32 bits per heavy atom. The Morgan fingerprint density at radius 3 is 3.00 bits per heavy atom. The second kappa shape index (κ2) is 6.95. The van der Waals surface area contributed by atoms with E-state index in [4.69, 9.17) is 4.74 Å². The first-order valence-corrected chi connectivity index (χ1v) is 6.67. The highest BCUT2D eigenvalue weighted by atomic mass is 16.5. The van der Waals surface area contributed by atoms with Crippen LogP contribution in [0.5, 0.6) is 5.88 Å². The van der Waals surface area contributed by atoms with Gasteiger partial charge >= 0.3 is 0 Å². The van der Waals surface area contributed by atoms with Gasteiger partial charge in [0, 0.05) is 25.0 Å². The van der Waals surface area contributed by atoms with E-state index < -0.39 is 0 Å². The van der Waals surface area contributed by atoms with Crippen molar-refractivity contribution >= 4 is 0 Å². The molecule has 2 aromatic heterocycles. The normalized spacial score (nSPS) is 10.6. The first kappa shape index (κ1) is 13.6. The summed E-state index contributed by atoms with van der Waals surface area (Å²) in [4.78, 5) is 4.41. The van der Waals surface area contributed by atoms with E-state index in [1.54, 1.807) is 7.11 Å². The van der Waals surface area contributed by atoms with Gasteiger partial charge in [0.1, 0.15) is 0 Å². The van der Waals surface area contributed by atoms with Crippen molar-refractivity contribution in [1.82, 2.24) is 14.9 Å². The largest absolute Gasteiger partial charge is 0.481 e. The lowest BCUT2D eigenvalue weighted by atomic mass is 10.3. The Kier molecular flexibility index (Phi) is 4.98. The van der Waals surface area contributed by atoms with Gasteiger partial charge in [-0.05, 0) is 30.7 Å². The summed E-state index contributed by atoms with van der Waals surface area (Å²) in [5.41, 5.74) is 2.30. The maximum absolute atomic E-state index is 5.13. The second-order valence-corrected chi connectivity index (χ2v) is 4.54. The van der Waals surface area contributed by atoms with Crippen LogP contribution in [0.2, 0.25) is 0 Å². The van der Waals surface area contributed by atoms with Gasteiger partial charge in [0.2, 0.25) is 5.88 Å². The molecule has 102 valence electrons. The molecule has 0 aliphatic carbocycles. The lowest BCUT2D eigenvalue weighted by molar-refractivity contribution is 0.396. The molecule has 0 aromatic carbocycles. The summed E-state index contributed by atoms with van der Waals surface area (Å²) in [6.07, 6.45) is 5.41. The smallest absolute Gasteiger partial charge is 0.213 e. The first-order chi connectivity index (χ1) is 9.31. The van der Waals surface area contributed by atoms with Crippen molar-refractivity contribution in [2.75, 3.05) is 13.7 Å². The Hall–Kier alpha value is -1.81. The van der Waals surface area contributed by atoms with Gasteiger partial charge in [-0.2, -0.15) is 0 Å². The molecule has 0 aliphatic rings. The average Bonchev–Trinajstić information content (AvgIpc) is 2.87. The Bertz CT molecular complexity index is 508. The molecule has 2 heterocycles. The number of rotatable bonds is 7. The van der Waals surface area contributed by atoms with E-state index in [-0.39, 0.29) is 0 Å². The number of pyridine rings is 1. The highest BCUT2D eigenvalue weighted by molar-refractivity contribution is 5.17. The van der Waals surface area contributed by atoms with Crippen LogP contribution in [0.4, 0.5) is 0 Å². The molecule has 19 heavy (non-hydrogen) atoms. The number of nitrogens with zero attached hydrogens (tertiary/aromatic N) is 2. The summed E-state index contributed by atoms with van der Waals surface area (Å²) in [5.74, 6) is 0.662. The van der Waals surface area contributed by atoms with Crippen LogP contribution in [0.3, 0.4) is 0 Å². The molecular formula is C15H21N3O. The molecule has 0 aliphatic heterocycles. The van der Waals surface area contributed by atoms with Gasteiger partial charge in [-0.15, -0.1) is 0 Å². The van der Waals surface area contributed by atoms with Gasteiger partial charge in [-0.3, -0.25) is 0 Å². The third kappa shape index (κ3) is 4.10. The van der Waals surface area contributed by atoms with E-state index in [0.29, 0.717) is 5.88 Å². The molecule has 0 amide bonds. The summed E-state index contributed by atoms with van der Waals surface area (Å²) in [7, 11) is 1.64. The molecule has 0 radical (unpaired) electrons. The van der Waals surface area contributed by atoms with E-state index in [1.807, 2.05) is 18.2 Å². The molecule has 0 saturated carbocycles. The molecule has 0 spiro atoms. The monoisotopic (exact) mass is 259 g/mol. The number of hydrogen-bond donors (Lipinski definition) is 1. The molecule has 2 rings (SSSR count).